The lowest BCUT2D eigenvalue weighted by Gasteiger charge is -2.46. The number of nitrogens with zero attached hydrogens (tertiary/aromatic N) is 2. The van der Waals surface area contributed by atoms with Gasteiger partial charge >= 0.3 is 11.9 Å². The first-order valence-electron chi connectivity index (χ1n) is 12.0. The number of fused-ring (bicyclic) bond motifs is 6. The van der Waals surface area contributed by atoms with Gasteiger partial charge in [0.25, 0.3) is 0 Å². The van der Waals surface area contributed by atoms with Crippen molar-refractivity contribution in [1.29, 1.82) is 0 Å². The van der Waals surface area contributed by atoms with Crippen molar-refractivity contribution in [2.45, 2.75) is 30.8 Å². The molecule has 186 valence electrons. The van der Waals surface area contributed by atoms with Crippen LogP contribution in [-0.4, -0.2) is 48.8 Å². The number of benzene rings is 2. The molecule has 0 unspecified atom stereocenters. The fourth-order valence-electron chi connectivity index (χ4n) is 5.77. The molecule has 0 radical (unpaired) electrons. The van der Waals surface area contributed by atoms with E-state index in [9.17, 15) is 9.59 Å². The minimum absolute atomic E-state index is 0.0244. The first-order valence-corrected chi connectivity index (χ1v) is 12.0. The molecule has 2 bridgehead atoms. The van der Waals surface area contributed by atoms with E-state index in [0.29, 0.717) is 6.54 Å². The van der Waals surface area contributed by atoms with Gasteiger partial charge < -0.3 is 23.7 Å². The molecular formula is C29H30N2O5. The molecule has 7 heteroatoms. The molecule has 1 aliphatic carbocycles. The minimum atomic E-state index is -0.437. The minimum Gasteiger partial charge on any atom is -0.497 e. The highest BCUT2D eigenvalue weighted by atomic mass is 16.5. The van der Waals surface area contributed by atoms with Gasteiger partial charge in [-0.15, -0.1) is 0 Å². The van der Waals surface area contributed by atoms with Gasteiger partial charge in [0.2, 0.25) is 0 Å². The molecule has 5 rings (SSSR count). The molecule has 2 aliphatic rings. The van der Waals surface area contributed by atoms with Gasteiger partial charge in [0.15, 0.2) is 0 Å². The monoisotopic (exact) mass is 486 g/mol. The molecule has 0 saturated heterocycles. The average molecular weight is 487 g/mol. The number of carbonyl (C=O) groups excluding carboxylic acids is 2. The van der Waals surface area contributed by atoms with Gasteiger partial charge in [-0.2, -0.15) is 0 Å². The van der Waals surface area contributed by atoms with Crippen LogP contribution in [-0.2, 0) is 32.7 Å². The molecule has 0 fully saturated rings. The molecule has 0 saturated carbocycles. The largest absolute Gasteiger partial charge is 0.497 e. The third kappa shape index (κ3) is 3.94. The highest BCUT2D eigenvalue weighted by molar-refractivity contribution is 5.93. The van der Waals surface area contributed by atoms with Crippen molar-refractivity contribution in [2.75, 3.05) is 21.3 Å². The molecule has 0 amide bonds. The van der Waals surface area contributed by atoms with Crippen LogP contribution in [0.15, 0.2) is 72.5 Å². The van der Waals surface area contributed by atoms with Crippen LogP contribution in [0.2, 0.25) is 0 Å². The van der Waals surface area contributed by atoms with E-state index in [2.05, 4.69) is 27.8 Å². The Morgan fingerprint density at radius 1 is 1.03 bits per heavy atom. The molecule has 2 heterocycles. The lowest BCUT2D eigenvalue weighted by atomic mass is 9.70. The number of allylic oxidation sites excluding steroid dienone is 2. The van der Waals surface area contributed by atoms with E-state index in [1.807, 2.05) is 49.5 Å². The number of rotatable bonds is 6. The van der Waals surface area contributed by atoms with Crippen molar-refractivity contribution in [3.05, 3.63) is 89.3 Å². The van der Waals surface area contributed by atoms with Gasteiger partial charge in [-0.3, -0.25) is 4.79 Å². The number of ether oxygens (including phenoxy) is 3. The zero-order chi connectivity index (χ0) is 25.4. The summed E-state index contributed by atoms with van der Waals surface area (Å²) in [6, 6.07) is 16.0. The maximum absolute atomic E-state index is 13.3. The summed E-state index contributed by atoms with van der Waals surface area (Å²) in [4.78, 5) is 27.5. The van der Waals surface area contributed by atoms with Gasteiger partial charge in [-0.25, -0.2) is 4.79 Å². The summed E-state index contributed by atoms with van der Waals surface area (Å²) in [6.45, 7) is 0.602. The van der Waals surface area contributed by atoms with Gasteiger partial charge in [0, 0.05) is 54.4 Å². The lowest BCUT2D eigenvalue weighted by Crippen LogP contribution is -2.46. The Balaban J connectivity index is 1.67. The SMILES string of the molecule is COC(=O)/C=C/C1=CN(Cc2ccc(OC)cc2)[C@H]2C[C@@H]1c1c(c3ccccc3n1C)[C@@H]2C(=O)OC. The smallest absolute Gasteiger partial charge is 0.330 e. The zero-order valence-corrected chi connectivity index (χ0v) is 20.9. The fraction of sp³-hybridized carbons (Fsp3) is 0.310. The van der Waals surface area contributed by atoms with E-state index in [-0.39, 0.29) is 17.9 Å². The summed E-state index contributed by atoms with van der Waals surface area (Å²) in [5, 5.41) is 1.06. The first-order chi connectivity index (χ1) is 17.5. The van der Waals surface area contributed by atoms with Crippen LogP contribution in [0.4, 0.5) is 0 Å². The third-order valence-electron chi connectivity index (χ3n) is 7.43. The van der Waals surface area contributed by atoms with E-state index in [0.717, 1.165) is 45.5 Å². The summed E-state index contributed by atoms with van der Waals surface area (Å²) in [5.41, 5.74) is 5.27. The number of aromatic nitrogens is 1. The highest BCUT2D eigenvalue weighted by Crippen LogP contribution is 2.51. The summed E-state index contributed by atoms with van der Waals surface area (Å²) in [6.07, 6.45) is 6.11. The van der Waals surface area contributed by atoms with Crippen LogP contribution in [0, 0.1) is 0 Å². The molecule has 1 aliphatic heterocycles. The molecule has 3 atom stereocenters. The molecule has 0 spiro atoms. The first kappa shape index (κ1) is 23.7. The Morgan fingerprint density at radius 3 is 2.47 bits per heavy atom. The highest BCUT2D eigenvalue weighted by Gasteiger charge is 2.47. The Labute approximate surface area is 210 Å². The fourth-order valence-corrected chi connectivity index (χ4v) is 5.77. The van der Waals surface area contributed by atoms with Gasteiger partial charge in [0.05, 0.1) is 21.3 Å². The summed E-state index contributed by atoms with van der Waals surface area (Å²) in [5.74, 6) is -0.262. The predicted octanol–water partition coefficient (Wildman–Crippen LogP) is 4.43. The second-order valence-electron chi connectivity index (χ2n) is 9.24. The Bertz CT molecular complexity index is 1370. The summed E-state index contributed by atoms with van der Waals surface area (Å²) < 4.78 is 17.7. The van der Waals surface area contributed by atoms with Gasteiger partial charge in [-0.05, 0) is 47.4 Å². The molecule has 3 aromatic rings. The van der Waals surface area contributed by atoms with Crippen LogP contribution in [0.3, 0.4) is 0 Å². The normalized spacial score (nSPS) is 20.7. The summed E-state index contributed by atoms with van der Waals surface area (Å²) >= 11 is 0. The van der Waals surface area contributed by atoms with Crippen molar-refractivity contribution in [1.82, 2.24) is 9.47 Å². The van der Waals surface area contributed by atoms with Crippen LogP contribution in [0.25, 0.3) is 10.9 Å². The number of esters is 2. The number of carbonyl (C=O) groups is 2. The van der Waals surface area contributed by atoms with Crippen molar-refractivity contribution in [3.8, 4) is 5.75 Å². The second-order valence-corrected chi connectivity index (χ2v) is 9.24. The second kappa shape index (κ2) is 9.57. The molecule has 36 heavy (non-hydrogen) atoms. The molecule has 2 aromatic carbocycles. The predicted molar refractivity (Wildman–Crippen MR) is 137 cm³/mol. The molecular weight excluding hydrogens is 456 g/mol. The number of hydrogen-bond donors (Lipinski definition) is 0. The lowest BCUT2D eigenvalue weighted by molar-refractivity contribution is -0.144. The van der Waals surface area contributed by atoms with Crippen LogP contribution < -0.4 is 4.74 Å². The maximum atomic E-state index is 13.3. The Kier molecular flexibility index (Phi) is 6.31. The number of para-hydroxylation sites is 1. The molecule has 7 nitrogen and oxygen atoms in total. The summed E-state index contributed by atoms with van der Waals surface area (Å²) in [7, 11) is 6.52. The van der Waals surface area contributed by atoms with Gasteiger partial charge in [0.1, 0.15) is 11.7 Å². The third-order valence-corrected chi connectivity index (χ3v) is 7.43. The van der Waals surface area contributed by atoms with Gasteiger partial charge in [-0.1, -0.05) is 30.3 Å². The number of methoxy groups -OCH3 is 3. The average Bonchev–Trinajstić information content (AvgIpc) is 3.21. The zero-order valence-electron chi connectivity index (χ0n) is 20.9. The van der Waals surface area contributed by atoms with Crippen molar-refractivity contribution in [3.63, 3.8) is 0 Å². The number of hydrogen-bond acceptors (Lipinski definition) is 6. The van der Waals surface area contributed by atoms with Crippen molar-refractivity contribution < 1.29 is 23.8 Å². The molecule has 1 aromatic heterocycles. The van der Waals surface area contributed by atoms with Crippen LogP contribution in [0.5, 0.6) is 5.75 Å². The number of aryl methyl sites for hydroxylation is 1. The van der Waals surface area contributed by atoms with Crippen molar-refractivity contribution >= 4 is 22.8 Å². The Hall–Kier alpha value is -4.00. The Morgan fingerprint density at radius 2 is 1.78 bits per heavy atom. The topological polar surface area (TPSA) is 70.0 Å². The van der Waals surface area contributed by atoms with E-state index in [1.54, 1.807) is 7.11 Å². The van der Waals surface area contributed by atoms with Crippen LogP contribution in [0.1, 0.15) is 35.1 Å². The van der Waals surface area contributed by atoms with Crippen LogP contribution >= 0.6 is 0 Å². The standard InChI is InChI=1S/C29H30N2O5/c1-30-23-8-6-5-7-21(23)26-27(29(33)36-4)24-15-22(28(26)30)19(11-14-25(32)35-3)17-31(24)16-18-9-12-20(34-2)13-10-18/h5-14,17,22,24,27H,15-16H2,1-4H3/b14-11+/t22-,24-,27+/m0/s1. The van der Waals surface area contributed by atoms with E-state index in [1.165, 1.54) is 20.3 Å². The van der Waals surface area contributed by atoms with E-state index < -0.39 is 11.9 Å². The molecule has 0 N–H and O–H groups in total. The van der Waals surface area contributed by atoms with Crippen molar-refractivity contribution in [2.24, 2.45) is 7.05 Å². The van der Waals surface area contributed by atoms with E-state index >= 15 is 0 Å². The quantitative estimate of drug-likeness (QED) is 0.379. The maximum Gasteiger partial charge on any atom is 0.330 e. The van der Waals surface area contributed by atoms with E-state index in [4.69, 9.17) is 14.2 Å².